The molecule has 0 aromatic carbocycles. The summed E-state index contributed by atoms with van der Waals surface area (Å²) in [6.45, 7) is 0. The smallest absolute Gasteiger partial charge is 0.263 e. The van der Waals surface area contributed by atoms with E-state index in [1.807, 2.05) is 12.1 Å². The van der Waals surface area contributed by atoms with Crippen molar-refractivity contribution in [2.24, 2.45) is 0 Å². The normalized spacial score (nSPS) is 16.2. The van der Waals surface area contributed by atoms with Crippen LogP contribution in [0.5, 0.6) is 0 Å². The highest BCUT2D eigenvalue weighted by Crippen LogP contribution is 2.17. The first-order valence-corrected chi connectivity index (χ1v) is 6.88. The monoisotopic (exact) mass is 270 g/mol. The molecule has 2 rings (SSSR count). The number of carbonyl (C=O) groups is 1. The number of hydrogen-bond acceptors (Lipinski definition) is 4. The molecule has 0 atom stereocenters. The first kappa shape index (κ1) is 14.1. The summed E-state index contributed by atoms with van der Waals surface area (Å²) < 4.78 is 0. The van der Waals surface area contributed by atoms with Crippen LogP contribution in [0, 0.1) is 11.3 Å². The van der Waals surface area contributed by atoms with Gasteiger partial charge in [0, 0.05) is 18.4 Å². The highest BCUT2D eigenvalue weighted by molar-refractivity contribution is 5.97. The lowest BCUT2D eigenvalue weighted by atomic mass is 9.95. The van der Waals surface area contributed by atoms with Crippen molar-refractivity contribution in [1.29, 1.82) is 5.26 Å². The lowest BCUT2D eigenvalue weighted by Crippen LogP contribution is -2.37. The van der Waals surface area contributed by atoms with Gasteiger partial charge in [0.2, 0.25) is 0 Å². The topological polar surface area (TPSA) is 77.8 Å². The molecule has 1 aromatic rings. The van der Waals surface area contributed by atoms with Crippen molar-refractivity contribution >= 4 is 11.7 Å². The number of carbonyl (C=O) groups excluding carboxylic acids is 1. The molecule has 0 saturated heterocycles. The fraction of sp³-hybridized carbons (Fsp3) is 0.400. The summed E-state index contributed by atoms with van der Waals surface area (Å²) in [5.41, 5.74) is 0.0706. The van der Waals surface area contributed by atoms with E-state index in [4.69, 9.17) is 5.26 Å². The molecule has 0 aliphatic heterocycles. The average molecular weight is 270 g/mol. The quantitative estimate of drug-likeness (QED) is 0.650. The second kappa shape index (κ2) is 7.29. The Balaban J connectivity index is 1.93. The summed E-state index contributed by atoms with van der Waals surface area (Å²) in [5.74, 6) is 0.286. The Morgan fingerprint density at radius 2 is 2.15 bits per heavy atom. The molecule has 0 spiro atoms. The largest absolute Gasteiger partial charge is 0.349 e. The van der Waals surface area contributed by atoms with Crippen LogP contribution >= 0.6 is 0 Å². The first-order valence-electron chi connectivity index (χ1n) is 6.88. The predicted molar refractivity (Wildman–Crippen MR) is 76.6 cm³/mol. The zero-order valence-corrected chi connectivity index (χ0v) is 11.3. The molecule has 1 amide bonds. The molecule has 1 saturated carbocycles. The molecule has 104 valence electrons. The number of nitrogens with one attached hydrogen (secondary N) is 2. The van der Waals surface area contributed by atoms with E-state index in [1.54, 1.807) is 18.3 Å². The number of nitrogens with zero attached hydrogens (tertiary/aromatic N) is 2. The summed E-state index contributed by atoms with van der Waals surface area (Å²) >= 11 is 0. The number of nitriles is 1. The van der Waals surface area contributed by atoms with Crippen molar-refractivity contribution in [3.8, 4) is 6.07 Å². The third-order valence-electron chi connectivity index (χ3n) is 3.33. The van der Waals surface area contributed by atoms with Gasteiger partial charge >= 0.3 is 0 Å². The lowest BCUT2D eigenvalue weighted by Gasteiger charge is -2.22. The molecule has 2 N–H and O–H groups in total. The van der Waals surface area contributed by atoms with Crippen molar-refractivity contribution in [2.75, 3.05) is 5.32 Å². The van der Waals surface area contributed by atoms with Gasteiger partial charge in [-0.2, -0.15) is 5.26 Å². The number of anilines is 1. The SMILES string of the molecule is N#C/C(=C/Nc1ccccn1)C(=O)NC1CCCCC1. The summed E-state index contributed by atoms with van der Waals surface area (Å²) in [4.78, 5) is 16.1. The second-order valence-corrected chi connectivity index (χ2v) is 4.84. The molecule has 5 heteroatoms. The Labute approximate surface area is 118 Å². The van der Waals surface area contributed by atoms with Gasteiger partial charge in [-0.25, -0.2) is 4.98 Å². The minimum Gasteiger partial charge on any atom is -0.349 e. The third kappa shape index (κ3) is 4.09. The van der Waals surface area contributed by atoms with E-state index in [0.717, 1.165) is 25.7 Å². The van der Waals surface area contributed by atoms with Crippen LogP contribution in [0.2, 0.25) is 0 Å². The highest BCUT2D eigenvalue weighted by atomic mass is 16.1. The molecule has 5 nitrogen and oxygen atoms in total. The van der Waals surface area contributed by atoms with Crippen LogP contribution in [0.25, 0.3) is 0 Å². The maximum Gasteiger partial charge on any atom is 0.263 e. The van der Waals surface area contributed by atoms with E-state index < -0.39 is 0 Å². The number of aromatic nitrogens is 1. The van der Waals surface area contributed by atoms with E-state index in [9.17, 15) is 4.79 Å². The van der Waals surface area contributed by atoms with Crippen LogP contribution in [0.4, 0.5) is 5.82 Å². The van der Waals surface area contributed by atoms with Crippen LogP contribution in [0.1, 0.15) is 32.1 Å². The Morgan fingerprint density at radius 1 is 1.35 bits per heavy atom. The van der Waals surface area contributed by atoms with E-state index in [1.165, 1.54) is 12.6 Å². The lowest BCUT2D eigenvalue weighted by molar-refractivity contribution is -0.118. The van der Waals surface area contributed by atoms with Gasteiger partial charge < -0.3 is 10.6 Å². The Morgan fingerprint density at radius 3 is 2.80 bits per heavy atom. The Kier molecular flexibility index (Phi) is 5.13. The molecular weight excluding hydrogens is 252 g/mol. The van der Waals surface area contributed by atoms with Crippen molar-refractivity contribution < 1.29 is 4.79 Å². The minimum absolute atomic E-state index is 0.0706. The van der Waals surface area contributed by atoms with Gasteiger partial charge in [0.25, 0.3) is 5.91 Å². The van der Waals surface area contributed by atoms with Crippen molar-refractivity contribution in [2.45, 2.75) is 38.1 Å². The van der Waals surface area contributed by atoms with E-state index >= 15 is 0 Å². The summed E-state index contributed by atoms with van der Waals surface area (Å²) in [6.07, 6.45) is 8.56. The van der Waals surface area contributed by atoms with Gasteiger partial charge in [-0.1, -0.05) is 25.3 Å². The Bertz CT molecular complexity index is 512. The predicted octanol–water partition coefficient (Wildman–Crippen LogP) is 2.35. The van der Waals surface area contributed by atoms with Crippen LogP contribution in [0.3, 0.4) is 0 Å². The van der Waals surface area contributed by atoms with Gasteiger partial charge in [-0.15, -0.1) is 0 Å². The zero-order valence-electron chi connectivity index (χ0n) is 11.3. The maximum absolute atomic E-state index is 12.0. The van der Waals surface area contributed by atoms with Gasteiger partial charge in [-0.05, 0) is 25.0 Å². The standard InChI is InChI=1S/C15H18N4O/c16-10-12(11-18-14-8-4-5-9-17-14)15(20)19-13-6-2-1-3-7-13/h4-5,8-9,11,13H,1-3,6-7H2,(H,17,18)(H,19,20)/b12-11-. The highest BCUT2D eigenvalue weighted by Gasteiger charge is 2.17. The molecule has 0 unspecified atom stereocenters. The van der Waals surface area contributed by atoms with Gasteiger partial charge in [0.05, 0.1) is 0 Å². The molecule has 1 aliphatic rings. The molecule has 1 fully saturated rings. The van der Waals surface area contributed by atoms with Crippen molar-refractivity contribution in [3.05, 3.63) is 36.2 Å². The first-order chi connectivity index (χ1) is 9.79. The average Bonchev–Trinajstić information content (AvgIpc) is 2.50. The van der Waals surface area contributed by atoms with Gasteiger partial charge in [0.15, 0.2) is 0 Å². The maximum atomic E-state index is 12.0. The summed E-state index contributed by atoms with van der Waals surface area (Å²) in [7, 11) is 0. The van der Waals surface area contributed by atoms with Crippen LogP contribution < -0.4 is 10.6 Å². The van der Waals surface area contributed by atoms with Crippen molar-refractivity contribution in [3.63, 3.8) is 0 Å². The van der Waals surface area contributed by atoms with E-state index in [2.05, 4.69) is 15.6 Å². The second-order valence-electron chi connectivity index (χ2n) is 4.84. The molecule has 0 bridgehead atoms. The van der Waals surface area contributed by atoms with Crippen molar-refractivity contribution in [1.82, 2.24) is 10.3 Å². The van der Waals surface area contributed by atoms with Crippen LogP contribution in [-0.4, -0.2) is 16.9 Å². The number of rotatable bonds is 4. The minimum atomic E-state index is -0.317. The molecule has 0 radical (unpaired) electrons. The number of amides is 1. The van der Waals surface area contributed by atoms with Gasteiger partial charge in [-0.3, -0.25) is 4.79 Å². The summed E-state index contributed by atoms with van der Waals surface area (Å²) in [6, 6.07) is 7.52. The van der Waals surface area contributed by atoms with Crippen LogP contribution in [-0.2, 0) is 4.79 Å². The Hall–Kier alpha value is -2.35. The zero-order chi connectivity index (χ0) is 14.2. The molecule has 20 heavy (non-hydrogen) atoms. The van der Waals surface area contributed by atoms with Crippen LogP contribution in [0.15, 0.2) is 36.2 Å². The summed E-state index contributed by atoms with van der Waals surface area (Å²) in [5, 5.41) is 14.8. The fourth-order valence-electron chi connectivity index (χ4n) is 2.25. The van der Waals surface area contributed by atoms with E-state index in [-0.39, 0.29) is 17.5 Å². The third-order valence-corrected chi connectivity index (χ3v) is 3.33. The molecule has 1 aromatic heterocycles. The molecular formula is C15H18N4O. The van der Waals surface area contributed by atoms with Gasteiger partial charge in [0.1, 0.15) is 17.5 Å². The van der Waals surface area contributed by atoms with E-state index in [0.29, 0.717) is 5.82 Å². The number of hydrogen-bond donors (Lipinski definition) is 2. The molecule has 1 heterocycles. The number of pyridine rings is 1. The fourth-order valence-corrected chi connectivity index (χ4v) is 2.25. The molecule has 1 aliphatic carbocycles.